The molecule has 26 heavy (non-hydrogen) atoms. The monoisotopic (exact) mass is 364 g/mol. The van der Waals surface area contributed by atoms with Crippen molar-refractivity contribution in [1.82, 2.24) is 9.80 Å². The Labute approximate surface area is 155 Å². The Morgan fingerprint density at radius 3 is 2.46 bits per heavy atom. The molecular weight excluding hydrogens is 335 g/mol. The van der Waals surface area contributed by atoms with Crippen LogP contribution in [0, 0.1) is 12.7 Å². The molecule has 1 heterocycles. The number of benzene rings is 1. The van der Waals surface area contributed by atoms with Crippen LogP contribution in [-0.4, -0.2) is 59.0 Å². The molecule has 5 nitrogen and oxygen atoms in total. The number of nitrogens with zero attached hydrogens (tertiary/aromatic N) is 2. The Hall–Kier alpha value is -1.95. The third-order valence-corrected chi connectivity index (χ3v) is 4.67. The average Bonchev–Trinajstić information content (AvgIpc) is 2.54. The summed E-state index contributed by atoms with van der Waals surface area (Å²) >= 11 is 0. The van der Waals surface area contributed by atoms with Crippen LogP contribution in [-0.2, 0) is 4.74 Å². The number of aryl methyl sites for hydroxylation is 1. The predicted octanol–water partition coefficient (Wildman–Crippen LogP) is 3.65. The highest BCUT2D eigenvalue weighted by molar-refractivity contribution is 5.99. The molecule has 2 rings (SSSR count). The first-order valence-corrected chi connectivity index (χ1v) is 9.03. The number of hydrogen-bond donors (Lipinski definition) is 0. The molecule has 0 bridgehead atoms. The van der Waals surface area contributed by atoms with Crippen molar-refractivity contribution in [1.29, 1.82) is 0 Å². The van der Waals surface area contributed by atoms with Gasteiger partial charge in [0.25, 0.3) is 0 Å². The van der Waals surface area contributed by atoms with Gasteiger partial charge in [0, 0.05) is 31.2 Å². The zero-order valence-electron chi connectivity index (χ0n) is 16.5. The number of piperazine rings is 1. The van der Waals surface area contributed by atoms with Gasteiger partial charge in [-0.05, 0) is 53.2 Å². The molecule has 0 radical (unpaired) electrons. The Bertz CT molecular complexity index is 684. The minimum absolute atomic E-state index is 0.0661. The van der Waals surface area contributed by atoms with Crippen molar-refractivity contribution in [2.24, 2.45) is 0 Å². The lowest BCUT2D eigenvalue weighted by atomic mass is 10.0. The molecule has 1 unspecified atom stereocenters. The van der Waals surface area contributed by atoms with Gasteiger partial charge in [-0.1, -0.05) is 12.1 Å². The van der Waals surface area contributed by atoms with E-state index in [1.807, 2.05) is 39.5 Å². The van der Waals surface area contributed by atoms with E-state index in [0.29, 0.717) is 30.8 Å². The maximum Gasteiger partial charge on any atom is 0.410 e. The zero-order valence-corrected chi connectivity index (χ0v) is 16.5. The number of ether oxygens (including phenoxy) is 1. The summed E-state index contributed by atoms with van der Waals surface area (Å²) in [7, 11) is 0. The van der Waals surface area contributed by atoms with Crippen molar-refractivity contribution in [2.45, 2.75) is 59.2 Å². The molecule has 0 aromatic heterocycles. The first-order chi connectivity index (χ1) is 12.0. The van der Waals surface area contributed by atoms with Crippen molar-refractivity contribution < 1.29 is 18.7 Å². The van der Waals surface area contributed by atoms with E-state index >= 15 is 0 Å². The van der Waals surface area contributed by atoms with Crippen LogP contribution in [0.3, 0.4) is 0 Å². The van der Waals surface area contributed by atoms with Crippen LogP contribution in [0.15, 0.2) is 18.2 Å². The van der Waals surface area contributed by atoms with Gasteiger partial charge in [0.1, 0.15) is 11.4 Å². The molecule has 0 spiro atoms. The van der Waals surface area contributed by atoms with Gasteiger partial charge in [0.2, 0.25) is 0 Å². The summed E-state index contributed by atoms with van der Waals surface area (Å²) < 4.78 is 19.2. The largest absolute Gasteiger partial charge is 0.444 e. The molecule has 2 atom stereocenters. The highest BCUT2D eigenvalue weighted by Crippen LogP contribution is 2.19. The summed E-state index contributed by atoms with van der Waals surface area (Å²) in [5, 5.41) is 0. The Morgan fingerprint density at radius 2 is 1.92 bits per heavy atom. The maximum absolute atomic E-state index is 13.8. The topological polar surface area (TPSA) is 49.9 Å². The van der Waals surface area contributed by atoms with Gasteiger partial charge in [-0.3, -0.25) is 9.69 Å². The molecule has 1 aliphatic heterocycles. The van der Waals surface area contributed by atoms with E-state index in [0.717, 1.165) is 0 Å². The van der Waals surface area contributed by atoms with Crippen molar-refractivity contribution in [3.8, 4) is 0 Å². The van der Waals surface area contributed by atoms with E-state index in [2.05, 4.69) is 0 Å². The zero-order chi connectivity index (χ0) is 19.6. The van der Waals surface area contributed by atoms with E-state index in [9.17, 15) is 14.0 Å². The van der Waals surface area contributed by atoms with Gasteiger partial charge in [0.05, 0.1) is 6.04 Å². The van der Waals surface area contributed by atoms with E-state index < -0.39 is 5.60 Å². The summed E-state index contributed by atoms with van der Waals surface area (Å²) in [5.74, 6) is -0.479. The van der Waals surface area contributed by atoms with Crippen LogP contribution >= 0.6 is 0 Å². The predicted molar refractivity (Wildman–Crippen MR) is 98.9 cm³/mol. The molecule has 6 heteroatoms. The first kappa shape index (κ1) is 20.4. The van der Waals surface area contributed by atoms with Crippen LogP contribution in [0.1, 0.15) is 50.5 Å². The summed E-state index contributed by atoms with van der Waals surface area (Å²) in [4.78, 5) is 28.7. The van der Waals surface area contributed by atoms with Gasteiger partial charge in [-0.25, -0.2) is 9.18 Å². The average molecular weight is 364 g/mol. The molecular formula is C20H29FN2O3. The molecule has 1 fully saturated rings. The molecule has 1 aliphatic rings. The second-order valence-electron chi connectivity index (χ2n) is 8.02. The van der Waals surface area contributed by atoms with Gasteiger partial charge in [0.15, 0.2) is 5.78 Å². The molecule has 144 valence electrons. The molecule has 1 aromatic carbocycles. The SMILES string of the molecule is Cc1ccc(C(=O)C(C)N2CCN(C(=O)OC(C)(C)C)[C@H](C)C2)cc1F. The number of amides is 1. The fraction of sp³-hybridized carbons (Fsp3) is 0.600. The van der Waals surface area contributed by atoms with Crippen molar-refractivity contribution in [3.63, 3.8) is 0 Å². The lowest BCUT2D eigenvalue weighted by Crippen LogP contribution is -2.57. The summed E-state index contributed by atoms with van der Waals surface area (Å²) in [5.41, 5.74) is 0.365. The number of ketones is 1. The number of rotatable bonds is 3. The fourth-order valence-corrected chi connectivity index (χ4v) is 3.08. The minimum atomic E-state index is -0.535. The van der Waals surface area contributed by atoms with Crippen LogP contribution in [0.2, 0.25) is 0 Å². The number of hydrogen-bond acceptors (Lipinski definition) is 4. The van der Waals surface area contributed by atoms with E-state index in [1.165, 1.54) is 6.07 Å². The lowest BCUT2D eigenvalue weighted by molar-refractivity contribution is -0.00215. The van der Waals surface area contributed by atoms with E-state index in [1.54, 1.807) is 24.0 Å². The van der Waals surface area contributed by atoms with Crippen molar-refractivity contribution in [2.75, 3.05) is 19.6 Å². The molecule has 1 aromatic rings. The number of Topliss-reactive ketones (excluding diaryl/α,β-unsaturated/α-hetero) is 1. The quantitative estimate of drug-likeness (QED) is 0.768. The van der Waals surface area contributed by atoms with Gasteiger partial charge >= 0.3 is 6.09 Å². The molecule has 0 N–H and O–H groups in total. The highest BCUT2D eigenvalue weighted by Gasteiger charge is 2.34. The Morgan fingerprint density at radius 1 is 1.27 bits per heavy atom. The highest BCUT2D eigenvalue weighted by atomic mass is 19.1. The lowest BCUT2D eigenvalue weighted by Gasteiger charge is -2.42. The summed E-state index contributed by atoms with van der Waals surface area (Å²) in [6, 6.07) is 4.15. The normalized spacial score (nSPS) is 20.0. The first-order valence-electron chi connectivity index (χ1n) is 9.03. The maximum atomic E-state index is 13.8. The Balaban J connectivity index is 2.02. The molecule has 0 saturated carbocycles. The molecule has 1 saturated heterocycles. The second kappa shape index (κ2) is 7.74. The number of halogens is 1. The van der Waals surface area contributed by atoms with Crippen molar-refractivity contribution in [3.05, 3.63) is 35.1 Å². The van der Waals surface area contributed by atoms with Crippen LogP contribution in [0.25, 0.3) is 0 Å². The van der Waals surface area contributed by atoms with E-state index in [4.69, 9.17) is 4.74 Å². The minimum Gasteiger partial charge on any atom is -0.444 e. The third kappa shape index (κ3) is 4.81. The second-order valence-corrected chi connectivity index (χ2v) is 8.02. The number of carbonyl (C=O) groups excluding carboxylic acids is 2. The van der Waals surface area contributed by atoms with Gasteiger partial charge < -0.3 is 9.64 Å². The molecule has 1 amide bonds. The standard InChI is InChI=1S/C20H29FN2O3/c1-13-7-8-16(11-17(13)21)18(24)15(3)22-9-10-23(14(2)12-22)19(25)26-20(4,5)6/h7-8,11,14-15H,9-10,12H2,1-6H3/t14-,15?/m1/s1. The van der Waals surface area contributed by atoms with Crippen LogP contribution in [0.5, 0.6) is 0 Å². The van der Waals surface area contributed by atoms with Crippen molar-refractivity contribution >= 4 is 11.9 Å². The van der Waals surface area contributed by atoms with Gasteiger partial charge in [-0.15, -0.1) is 0 Å². The third-order valence-electron chi connectivity index (χ3n) is 4.67. The van der Waals surface area contributed by atoms with Crippen LogP contribution < -0.4 is 0 Å². The van der Waals surface area contributed by atoms with Gasteiger partial charge in [-0.2, -0.15) is 0 Å². The molecule has 0 aliphatic carbocycles. The smallest absolute Gasteiger partial charge is 0.410 e. The van der Waals surface area contributed by atoms with E-state index in [-0.39, 0.29) is 29.8 Å². The van der Waals surface area contributed by atoms with Crippen LogP contribution in [0.4, 0.5) is 9.18 Å². The summed E-state index contributed by atoms with van der Waals surface area (Å²) in [6.45, 7) is 12.6. The Kier molecular flexibility index (Phi) is 6.06. The fourth-order valence-electron chi connectivity index (χ4n) is 3.08. The number of carbonyl (C=O) groups is 2. The summed E-state index contributed by atoms with van der Waals surface area (Å²) in [6.07, 6.45) is -0.329.